The molecule has 0 atom stereocenters. The summed E-state index contributed by atoms with van der Waals surface area (Å²) in [5, 5.41) is 5.93. The molecule has 1 aromatic heterocycles. The van der Waals surface area contributed by atoms with Crippen LogP contribution in [0.2, 0.25) is 0 Å². The lowest BCUT2D eigenvalue weighted by molar-refractivity contribution is 0.0526. The minimum Gasteiger partial charge on any atom is -0.462 e. The van der Waals surface area contributed by atoms with E-state index in [0.717, 1.165) is 22.5 Å². The lowest BCUT2D eigenvalue weighted by Gasteiger charge is -2.10. The number of benzene rings is 2. The first kappa shape index (κ1) is 20.0. The van der Waals surface area contributed by atoms with Gasteiger partial charge in [-0.3, -0.25) is 4.79 Å². The molecule has 0 aliphatic carbocycles. The van der Waals surface area contributed by atoms with E-state index in [1.54, 1.807) is 31.2 Å². The Hall–Kier alpha value is -3.74. The molecule has 0 aliphatic rings. The summed E-state index contributed by atoms with van der Waals surface area (Å²) in [4.78, 5) is 32.5. The Morgan fingerprint density at radius 1 is 1.00 bits per heavy atom. The second-order valence-electron chi connectivity index (χ2n) is 6.48. The molecule has 2 aromatic carbocycles. The minimum atomic E-state index is -0.363. The molecule has 0 aliphatic heterocycles. The number of esters is 1. The van der Waals surface area contributed by atoms with Crippen LogP contribution in [0.25, 0.3) is 0 Å². The van der Waals surface area contributed by atoms with E-state index in [1.165, 1.54) is 12.4 Å². The molecule has 7 heteroatoms. The SMILES string of the molecule is CCOC(=O)c1ccc(Nc2cnc(C(=O)Nc3cc(C)ccc3C)cn2)cc1. The molecule has 3 aromatic rings. The molecule has 0 spiro atoms. The van der Waals surface area contributed by atoms with E-state index >= 15 is 0 Å². The van der Waals surface area contributed by atoms with Crippen LogP contribution in [0.4, 0.5) is 17.2 Å². The van der Waals surface area contributed by atoms with Gasteiger partial charge in [0, 0.05) is 11.4 Å². The van der Waals surface area contributed by atoms with Crippen LogP contribution in [-0.2, 0) is 4.74 Å². The van der Waals surface area contributed by atoms with Gasteiger partial charge in [-0.1, -0.05) is 12.1 Å². The van der Waals surface area contributed by atoms with Crippen molar-refractivity contribution in [2.24, 2.45) is 0 Å². The van der Waals surface area contributed by atoms with Crippen LogP contribution >= 0.6 is 0 Å². The Balaban J connectivity index is 1.64. The quantitative estimate of drug-likeness (QED) is 0.611. The van der Waals surface area contributed by atoms with Crippen molar-refractivity contribution in [3.63, 3.8) is 0 Å². The summed E-state index contributed by atoms with van der Waals surface area (Å²) in [6.07, 6.45) is 2.90. The van der Waals surface area contributed by atoms with Crippen molar-refractivity contribution in [3.8, 4) is 0 Å². The number of carbonyl (C=O) groups is 2. The molecule has 148 valence electrons. The van der Waals surface area contributed by atoms with Gasteiger partial charge in [0.15, 0.2) is 0 Å². The fraction of sp³-hybridized carbons (Fsp3) is 0.182. The van der Waals surface area contributed by atoms with Gasteiger partial charge >= 0.3 is 5.97 Å². The topological polar surface area (TPSA) is 93.2 Å². The van der Waals surface area contributed by atoms with Gasteiger partial charge in [0.25, 0.3) is 5.91 Å². The number of aromatic nitrogens is 2. The molecule has 1 heterocycles. The number of aryl methyl sites for hydroxylation is 2. The maximum atomic E-state index is 12.4. The van der Waals surface area contributed by atoms with Gasteiger partial charge in [-0.15, -0.1) is 0 Å². The molecule has 0 unspecified atom stereocenters. The van der Waals surface area contributed by atoms with Crippen LogP contribution in [0.1, 0.15) is 38.9 Å². The van der Waals surface area contributed by atoms with E-state index in [1.807, 2.05) is 32.0 Å². The molecule has 7 nitrogen and oxygen atoms in total. The molecule has 0 saturated carbocycles. The van der Waals surface area contributed by atoms with Crippen molar-refractivity contribution in [1.29, 1.82) is 0 Å². The van der Waals surface area contributed by atoms with E-state index in [4.69, 9.17) is 4.74 Å². The van der Waals surface area contributed by atoms with E-state index in [0.29, 0.717) is 18.0 Å². The van der Waals surface area contributed by atoms with Crippen molar-refractivity contribution in [2.45, 2.75) is 20.8 Å². The Morgan fingerprint density at radius 3 is 2.41 bits per heavy atom. The molecule has 1 amide bonds. The number of amides is 1. The zero-order chi connectivity index (χ0) is 20.8. The highest BCUT2D eigenvalue weighted by atomic mass is 16.5. The summed E-state index contributed by atoms with van der Waals surface area (Å²) in [6.45, 7) is 5.99. The zero-order valence-corrected chi connectivity index (χ0v) is 16.5. The summed E-state index contributed by atoms with van der Waals surface area (Å²) in [6, 6.07) is 12.7. The van der Waals surface area contributed by atoms with Gasteiger partial charge in [-0.05, 0) is 62.2 Å². The fourth-order valence-electron chi connectivity index (χ4n) is 2.62. The van der Waals surface area contributed by atoms with Crippen molar-refractivity contribution in [2.75, 3.05) is 17.2 Å². The maximum Gasteiger partial charge on any atom is 0.338 e. The van der Waals surface area contributed by atoms with Crippen LogP contribution in [0.3, 0.4) is 0 Å². The molecule has 29 heavy (non-hydrogen) atoms. The van der Waals surface area contributed by atoms with Gasteiger partial charge < -0.3 is 15.4 Å². The third kappa shape index (κ3) is 5.16. The normalized spacial score (nSPS) is 10.3. The molecule has 0 fully saturated rings. The van der Waals surface area contributed by atoms with Gasteiger partial charge in [0.2, 0.25) is 0 Å². The van der Waals surface area contributed by atoms with E-state index in [9.17, 15) is 9.59 Å². The standard InChI is InChI=1S/C22H22N4O3/c1-4-29-22(28)16-7-9-17(10-8-16)25-20-13-23-19(12-24-20)21(27)26-18-11-14(2)5-6-15(18)3/h5-13H,4H2,1-3H3,(H,24,25)(H,26,27). The second kappa shape index (κ2) is 8.97. The summed E-state index contributed by atoms with van der Waals surface area (Å²) in [5.41, 5.74) is 4.21. The van der Waals surface area contributed by atoms with Crippen LogP contribution < -0.4 is 10.6 Å². The van der Waals surface area contributed by atoms with Crippen molar-refractivity contribution < 1.29 is 14.3 Å². The predicted molar refractivity (Wildman–Crippen MR) is 112 cm³/mol. The number of hydrogen-bond donors (Lipinski definition) is 2. The van der Waals surface area contributed by atoms with Crippen molar-refractivity contribution in [3.05, 3.63) is 77.2 Å². The summed E-state index contributed by atoms with van der Waals surface area (Å²) in [5.74, 6) is -0.202. The third-order valence-corrected chi connectivity index (χ3v) is 4.19. The van der Waals surface area contributed by atoms with Crippen LogP contribution in [0.15, 0.2) is 54.9 Å². The van der Waals surface area contributed by atoms with Crippen LogP contribution in [0, 0.1) is 13.8 Å². The van der Waals surface area contributed by atoms with E-state index in [2.05, 4.69) is 20.6 Å². The van der Waals surface area contributed by atoms with E-state index < -0.39 is 0 Å². The number of anilines is 3. The molecular weight excluding hydrogens is 368 g/mol. The lowest BCUT2D eigenvalue weighted by atomic mass is 10.1. The first-order valence-electron chi connectivity index (χ1n) is 9.21. The van der Waals surface area contributed by atoms with Crippen molar-refractivity contribution >= 4 is 29.1 Å². The minimum absolute atomic E-state index is 0.217. The van der Waals surface area contributed by atoms with E-state index in [-0.39, 0.29) is 17.6 Å². The van der Waals surface area contributed by atoms with Gasteiger partial charge in [-0.2, -0.15) is 0 Å². The summed E-state index contributed by atoms with van der Waals surface area (Å²) in [7, 11) is 0. The maximum absolute atomic E-state index is 12.4. The number of nitrogens with one attached hydrogen (secondary N) is 2. The second-order valence-corrected chi connectivity index (χ2v) is 6.48. The third-order valence-electron chi connectivity index (χ3n) is 4.19. The fourth-order valence-corrected chi connectivity index (χ4v) is 2.62. The van der Waals surface area contributed by atoms with Gasteiger partial charge in [0.05, 0.1) is 24.6 Å². The summed E-state index contributed by atoms with van der Waals surface area (Å²) >= 11 is 0. The molecular formula is C22H22N4O3. The highest BCUT2D eigenvalue weighted by Gasteiger charge is 2.11. The Morgan fingerprint density at radius 2 is 1.76 bits per heavy atom. The Kier molecular flexibility index (Phi) is 6.19. The average molecular weight is 390 g/mol. The Bertz CT molecular complexity index is 1020. The average Bonchev–Trinajstić information content (AvgIpc) is 2.72. The first-order chi connectivity index (χ1) is 14.0. The number of rotatable bonds is 6. The van der Waals surface area contributed by atoms with Gasteiger partial charge in [0.1, 0.15) is 11.5 Å². The monoisotopic (exact) mass is 390 g/mol. The predicted octanol–water partition coefficient (Wildman–Crippen LogP) is 4.27. The highest BCUT2D eigenvalue weighted by molar-refractivity contribution is 6.03. The van der Waals surface area contributed by atoms with Crippen LogP contribution in [0.5, 0.6) is 0 Å². The molecule has 3 rings (SSSR count). The smallest absolute Gasteiger partial charge is 0.338 e. The lowest BCUT2D eigenvalue weighted by Crippen LogP contribution is -2.15. The first-order valence-corrected chi connectivity index (χ1v) is 9.21. The number of ether oxygens (including phenoxy) is 1. The van der Waals surface area contributed by atoms with Crippen LogP contribution in [-0.4, -0.2) is 28.5 Å². The number of nitrogens with zero attached hydrogens (tertiary/aromatic N) is 2. The van der Waals surface area contributed by atoms with Gasteiger partial charge in [-0.25, -0.2) is 14.8 Å². The molecule has 0 radical (unpaired) electrons. The largest absolute Gasteiger partial charge is 0.462 e. The Labute approximate surface area is 169 Å². The van der Waals surface area contributed by atoms with Crippen molar-refractivity contribution in [1.82, 2.24) is 9.97 Å². The highest BCUT2D eigenvalue weighted by Crippen LogP contribution is 2.18. The molecule has 0 bridgehead atoms. The number of hydrogen-bond acceptors (Lipinski definition) is 6. The molecule has 2 N–H and O–H groups in total. The number of carbonyl (C=O) groups excluding carboxylic acids is 2. The molecule has 0 saturated heterocycles. The zero-order valence-electron chi connectivity index (χ0n) is 16.5. The summed E-state index contributed by atoms with van der Waals surface area (Å²) < 4.78 is 4.96.